The van der Waals surface area contributed by atoms with Crippen LogP contribution in [0.15, 0.2) is 66.7 Å². The smallest absolute Gasteiger partial charge is 0.180 e. The Labute approximate surface area is 178 Å². The van der Waals surface area contributed by atoms with E-state index in [0.29, 0.717) is 36.3 Å². The van der Waals surface area contributed by atoms with Gasteiger partial charge in [-0.05, 0) is 49.6 Å². The topological polar surface area (TPSA) is 30.5 Å². The van der Waals surface area contributed by atoms with E-state index in [1.54, 1.807) is 0 Å². The summed E-state index contributed by atoms with van der Waals surface area (Å²) in [5.74, 6) is 1.27. The molecule has 0 fully saturated rings. The van der Waals surface area contributed by atoms with Crippen molar-refractivity contribution in [2.45, 2.75) is 40.0 Å². The number of rotatable bonds is 9. The Hall–Kier alpha value is -2.49. The number of hydrogen-bond acceptors (Lipinski definition) is 3. The second-order valence-electron chi connectivity index (χ2n) is 7.13. The summed E-state index contributed by atoms with van der Waals surface area (Å²) in [6.07, 6.45) is 0. The molecule has 0 saturated heterocycles. The second kappa shape index (κ2) is 10.3. The lowest BCUT2D eigenvalue weighted by Gasteiger charge is -2.18. The van der Waals surface area contributed by atoms with Crippen LogP contribution in [-0.2, 0) is 13.2 Å². The zero-order valence-corrected chi connectivity index (χ0v) is 18.0. The molecule has 4 heteroatoms. The average molecular weight is 410 g/mol. The number of hydrogen-bond donors (Lipinski definition) is 1. The van der Waals surface area contributed by atoms with E-state index in [-0.39, 0.29) is 6.04 Å². The van der Waals surface area contributed by atoms with Gasteiger partial charge in [-0.2, -0.15) is 0 Å². The Morgan fingerprint density at radius 1 is 0.931 bits per heavy atom. The highest BCUT2D eigenvalue weighted by Crippen LogP contribution is 2.37. The van der Waals surface area contributed by atoms with Gasteiger partial charge in [-0.15, -0.1) is 0 Å². The summed E-state index contributed by atoms with van der Waals surface area (Å²) < 4.78 is 11.8. The fourth-order valence-electron chi connectivity index (χ4n) is 3.10. The minimum absolute atomic E-state index is 0.239. The normalized spacial score (nSPS) is 11.9. The molecule has 0 aliphatic heterocycles. The van der Waals surface area contributed by atoms with E-state index in [1.807, 2.05) is 25.1 Å². The molecule has 3 aromatic rings. The van der Waals surface area contributed by atoms with E-state index >= 15 is 0 Å². The van der Waals surface area contributed by atoms with Crippen molar-refractivity contribution < 1.29 is 9.47 Å². The molecule has 1 atom stereocenters. The van der Waals surface area contributed by atoms with E-state index in [4.69, 9.17) is 21.1 Å². The highest BCUT2D eigenvalue weighted by molar-refractivity contribution is 6.32. The molecule has 0 saturated carbocycles. The van der Waals surface area contributed by atoms with Gasteiger partial charge in [0.2, 0.25) is 0 Å². The third kappa shape index (κ3) is 5.99. The summed E-state index contributed by atoms with van der Waals surface area (Å²) in [6.45, 7) is 7.87. The zero-order valence-electron chi connectivity index (χ0n) is 17.2. The fraction of sp³-hybridized carbons (Fsp3) is 0.280. The maximum absolute atomic E-state index is 6.56. The third-order valence-electron chi connectivity index (χ3n) is 4.78. The highest BCUT2D eigenvalue weighted by Gasteiger charge is 2.14. The van der Waals surface area contributed by atoms with Crippen LogP contribution < -0.4 is 14.8 Å². The molecule has 0 bridgehead atoms. The largest absolute Gasteiger partial charge is 0.490 e. The lowest BCUT2D eigenvalue weighted by molar-refractivity contribution is 0.269. The molecule has 1 N–H and O–H groups in total. The Kier molecular flexibility index (Phi) is 7.56. The van der Waals surface area contributed by atoms with Crippen LogP contribution in [0, 0.1) is 6.92 Å². The minimum Gasteiger partial charge on any atom is -0.490 e. The third-order valence-corrected chi connectivity index (χ3v) is 5.07. The number of halogens is 1. The van der Waals surface area contributed by atoms with Crippen LogP contribution in [0.25, 0.3) is 0 Å². The second-order valence-corrected chi connectivity index (χ2v) is 7.53. The molecule has 152 valence electrons. The van der Waals surface area contributed by atoms with Crippen molar-refractivity contribution in [1.82, 2.24) is 5.32 Å². The van der Waals surface area contributed by atoms with Crippen LogP contribution in [0.2, 0.25) is 5.02 Å². The number of aryl methyl sites for hydroxylation is 1. The number of benzene rings is 3. The molecule has 3 aromatic carbocycles. The van der Waals surface area contributed by atoms with Crippen molar-refractivity contribution in [3.63, 3.8) is 0 Å². The Bertz CT molecular complexity index is 910. The van der Waals surface area contributed by atoms with Gasteiger partial charge >= 0.3 is 0 Å². The molecule has 0 radical (unpaired) electrons. The van der Waals surface area contributed by atoms with Crippen molar-refractivity contribution in [3.8, 4) is 11.5 Å². The first-order valence-electron chi connectivity index (χ1n) is 9.98. The van der Waals surface area contributed by atoms with Gasteiger partial charge in [-0.1, -0.05) is 71.8 Å². The Morgan fingerprint density at radius 3 is 2.34 bits per heavy atom. The molecule has 0 aliphatic rings. The van der Waals surface area contributed by atoms with Crippen molar-refractivity contribution >= 4 is 11.6 Å². The summed E-state index contributed by atoms with van der Waals surface area (Å²) in [7, 11) is 0. The molecule has 0 heterocycles. The first-order chi connectivity index (χ1) is 14.1. The SMILES string of the molecule is CCOc1cc(CN[C@@H](C)c2ccccc2)cc(Cl)c1OCc1ccc(C)cc1. The maximum atomic E-state index is 6.56. The molecular weight excluding hydrogens is 382 g/mol. The van der Waals surface area contributed by atoms with E-state index in [2.05, 4.69) is 67.7 Å². The van der Waals surface area contributed by atoms with Gasteiger partial charge < -0.3 is 14.8 Å². The van der Waals surface area contributed by atoms with Crippen LogP contribution in [0.4, 0.5) is 0 Å². The van der Waals surface area contributed by atoms with Crippen LogP contribution in [0.1, 0.15) is 42.1 Å². The van der Waals surface area contributed by atoms with Gasteiger partial charge in [-0.25, -0.2) is 0 Å². The van der Waals surface area contributed by atoms with Gasteiger partial charge in [-0.3, -0.25) is 0 Å². The van der Waals surface area contributed by atoms with E-state index < -0.39 is 0 Å². The standard InChI is InChI=1S/C25H28ClNO2/c1-4-28-24-15-21(16-27-19(3)22-8-6-5-7-9-22)14-23(26)25(24)29-17-20-12-10-18(2)11-13-20/h5-15,19,27H,4,16-17H2,1-3H3/t19-/m0/s1. The summed E-state index contributed by atoms with van der Waals surface area (Å²) in [5, 5.41) is 4.10. The summed E-state index contributed by atoms with van der Waals surface area (Å²) in [5.41, 5.74) is 4.63. The highest BCUT2D eigenvalue weighted by atomic mass is 35.5. The summed E-state index contributed by atoms with van der Waals surface area (Å²) >= 11 is 6.56. The molecule has 0 aromatic heterocycles. The van der Waals surface area contributed by atoms with Gasteiger partial charge in [0.05, 0.1) is 11.6 Å². The van der Waals surface area contributed by atoms with Gasteiger partial charge in [0.15, 0.2) is 11.5 Å². The fourth-order valence-corrected chi connectivity index (χ4v) is 3.38. The van der Waals surface area contributed by atoms with Crippen LogP contribution in [0.3, 0.4) is 0 Å². The number of ether oxygens (including phenoxy) is 2. The lowest BCUT2D eigenvalue weighted by Crippen LogP contribution is -2.18. The predicted octanol–water partition coefficient (Wildman–Crippen LogP) is 6.48. The van der Waals surface area contributed by atoms with Crippen molar-refractivity contribution in [2.24, 2.45) is 0 Å². The summed E-state index contributed by atoms with van der Waals surface area (Å²) in [6, 6.07) is 22.8. The van der Waals surface area contributed by atoms with Crippen molar-refractivity contribution in [1.29, 1.82) is 0 Å². The van der Waals surface area contributed by atoms with E-state index in [0.717, 1.165) is 11.1 Å². The minimum atomic E-state index is 0.239. The van der Waals surface area contributed by atoms with Gasteiger partial charge in [0.25, 0.3) is 0 Å². The Balaban J connectivity index is 1.70. The molecule has 0 aliphatic carbocycles. The maximum Gasteiger partial charge on any atom is 0.180 e. The first kappa shape index (κ1) is 21.2. The molecular formula is C25H28ClNO2. The molecule has 29 heavy (non-hydrogen) atoms. The zero-order chi connectivity index (χ0) is 20.6. The number of nitrogens with one attached hydrogen (secondary N) is 1. The monoisotopic (exact) mass is 409 g/mol. The van der Waals surface area contributed by atoms with Crippen molar-refractivity contribution in [3.05, 3.63) is 94.0 Å². The molecule has 0 unspecified atom stereocenters. The van der Waals surface area contributed by atoms with Gasteiger partial charge in [0, 0.05) is 12.6 Å². The van der Waals surface area contributed by atoms with E-state index in [9.17, 15) is 0 Å². The summed E-state index contributed by atoms with van der Waals surface area (Å²) in [4.78, 5) is 0. The average Bonchev–Trinajstić information content (AvgIpc) is 2.73. The molecule has 3 rings (SSSR count). The van der Waals surface area contributed by atoms with Crippen LogP contribution in [-0.4, -0.2) is 6.61 Å². The van der Waals surface area contributed by atoms with Crippen molar-refractivity contribution in [2.75, 3.05) is 6.61 Å². The molecule has 0 spiro atoms. The quantitative estimate of drug-likeness (QED) is 0.439. The van der Waals surface area contributed by atoms with Crippen LogP contribution in [0.5, 0.6) is 11.5 Å². The molecule has 3 nitrogen and oxygen atoms in total. The lowest BCUT2D eigenvalue weighted by atomic mass is 10.1. The van der Waals surface area contributed by atoms with Gasteiger partial charge in [0.1, 0.15) is 6.61 Å². The van der Waals surface area contributed by atoms with Crippen LogP contribution >= 0.6 is 11.6 Å². The molecule has 0 amide bonds. The first-order valence-corrected chi connectivity index (χ1v) is 10.4. The Morgan fingerprint density at radius 2 is 1.66 bits per heavy atom. The predicted molar refractivity (Wildman–Crippen MR) is 120 cm³/mol. The van der Waals surface area contributed by atoms with E-state index in [1.165, 1.54) is 11.1 Å².